The summed E-state index contributed by atoms with van der Waals surface area (Å²) in [5.74, 6) is 1.80. The largest absolute Gasteiger partial charge is 0.488 e. The smallest absolute Gasteiger partial charge is 0.125 e. The number of nitrogens with one attached hydrogen (secondary N) is 2. The molecule has 3 rings (SSSR count). The second kappa shape index (κ2) is 6.48. The van der Waals surface area contributed by atoms with Gasteiger partial charge in [0.25, 0.3) is 0 Å². The zero-order valence-electron chi connectivity index (χ0n) is 13.1. The van der Waals surface area contributed by atoms with Crippen molar-refractivity contribution in [3.8, 4) is 5.75 Å². The van der Waals surface area contributed by atoms with E-state index >= 15 is 0 Å². The van der Waals surface area contributed by atoms with Gasteiger partial charge in [-0.3, -0.25) is 0 Å². The first kappa shape index (κ1) is 15.6. The van der Waals surface area contributed by atoms with E-state index in [0.29, 0.717) is 0 Å². The molecule has 0 saturated heterocycles. The number of likely N-dealkylation sites (N-methyl/N-ethyl adjacent to an activating group) is 1. The zero-order valence-corrected chi connectivity index (χ0v) is 14.7. The fraction of sp³-hybridized carbons (Fsp3) is 0.500. The standard InChI is InChI=1S/C16H23BrN4O/c1-19-6-3-7-21-15-11(14(17)16(21)18)4-5-13-12(15)8-10(22-13)9-20-2/h4-5,10,19-20H,3,6-9,18H2,1-2H3. The third-order valence-electron chi connectivity index (χ3n) is 4.23. The van der Waals surface area contributed by atoms with Crippen LogP contribution in [0.15, 0.2) is 16.6 Å². The monoisotopic (exact) mass is 366 g/mol. The van der Waals surface area contributed by atoms with E-state index in [4.69, 9.17) is 10.5 Å². The van der Waals surface area contributed by atoms with Crippen molar-refractivity contribution >= 4 is 32.7 Å². The molecule has 120 valence electrons. The van der Waals surface area contributed by atoms with Gasteiger partial charge >= 0.3 is 0 Å². The van der Waals surface area contributed by atoms with E-state index in [1.54, 1.807) is 0 Å². The Balaban J connectivity index is 2.04. The Kier molecular flexibility index (Phi) is 4.61. The summed E-state index contributed by atoms with van der Waals surface area (Å²) in [4.78, 5) is 0. The summed E-state index contributed by atoms with van der Waals surface area (Å²) in [5, 5.41) is 7.56. The number of aromatic nitrogens is 1. The molecule has 5 nitrogen and oxygen atoms in total. The van der Waals surface area contributed by atoms with Crippen LogP contribution in [0.25, 0.3) is 10.9 Å². The molecule has 1 aliphatic rings. The van der Waals surface area contributed by atoms with E-state index in [1.807, 2.05) is 14.1 Å². The number of rotatable bonds is 6. The maximum absolute atomic E-state index is 6.33. The van der Waals surface area contributed by atoms with Crippen LogP contribution in [-0.2, 0) is 13.0 Å². The number of benzene rings is 1. The second-order valence-electron chi connectivity index (χ2n) is 5.75. The van der Waals surface area contributed by atoms with Gasteiger partial charge in [0.1, 0.15) is 17.7 Å². The Labute approximate surface area is 139 Å². The fourth-order valence-electron chi connectivity index (χ4n) is 3.22. The molecule has 2 heterocycles. The van der Waals surface area contributed by atoms with Gasteiger partial charge in [0.05, 0.1) is 9.99 Å². The molecular formula is C16H23BrN4O. The number of anilines is 1. The molecule has 0 radical (unpaired) electrons. The lowest BCUT2D eigenvalue weighted by atomic mass is 10.1. The van der Waals surface area contributed by atoms with Gasteiger partial charge < -0.3 is 25.7 Å². The van der Waals surface area contributed by atoms with Crippen LogP contribution in [0.1, 0.15) is 12.0 Å². The molecule has 6 heteroatoms. The van der Waals surface area contributed by atoms with Gasteiger partial charge in [0.15, 0.2) is 0 Å². The van der Waals surface area contributed by atoms with Gasteiger partial charge in [-0.2, -0.15) is 0 Å². The highest BCUT2D eigenvalue weighted by molar-refractivity contribution is 9.10. The first-order valence-corrected chi connectivity index (χ1v) is 8.51. The molecule has 1 atom stereocenters. The molecule has 1 aliphatic heterocycles. The Morgan fingerprint density at radius 3 is 2.91 bits per heavy atom. The molecule has 0 saturated carbocycles. The molecule has 1 aromatic heterocycles. The molecule has 0 amide bonds. The quantitative estimate of drug-likeness (QED) is 0.685. The molecule has 1 aromatic carbocycles. The number of fused-ring (bicyclic) bond motifs is 3. The molecule has 1 unspecified atom stereocenters. The fourth-order valence-corrected chi connectivity index (χ4v) is 3.76. The second-order valence-corrected chi connectivity index (χ2v) is 6.54. The Morgan fingerprint density at radius 2 is 2.18 bits per heavy atom. The van der Waals surface area contributed by atoms with Crippen molar-refractivity contribution in [2.45, 2.75) is 25.5 Å². The lowest BCUT2D eigenvalue weighted by molar-refractivity contribution is 0.231. The van der Waals surface area contributed by atoms with Crippen molar-refractivity contribution in [3.63, 3.8) is 0 Å². The molecule has 22 heavy (non-hydrogen) atoms. The topological polar surface area (TPSA) is 64.2 Å². The summed E-state index contributed by atoms with van der Waals surface area (Å²) in [7, 11) is 3.93. The third kappa shape index (κ3) is 2.59. The maximum Gasteiger partial charge on any atom is 0.125 e. The molecule has 0 spiro atoms. The SMILES string of the molecule is CNCCCn1c(N)c(Br)c2ccc3c(c21)CC(CNC)O3. The Hall–Kier alpha value is -1.24. The summed E-state index contributed by atoms with van der Waals surface area (Å²) >= 11 is 3.65. The number of hydrogen-bond acceptors (Lipinski definition) is 4. The van der Waals surface area contributed by atoms with Crippen LogP contribution >= 0.6 is 15.9 Å². The average molecular weight is 367 g/mol. The van der Waals surface area contributed by atoms with Crippen molar-refractivity contribution in [1.82, 2.24) is 15.2 Å². The summed E-state index contributed by atoms with van der Waals surface area (Å²) in [6, 6.07) is 4.17. The van der Waals surface area contributed by atoms with Crippen molar-refractivity contribution in [2.75, 3.05) is 32.9 Å². The minimum Gasteiger partial charge on any atom is -0.488 e. The summed E-state index contributed by atoms with van der Waals surface area (Å²) in [6.45, 7) is 2.74. The van der Waals surface area contributed by atoms with E-state index in [2.05, 4.69) is 43.3 Å². The number of nitrogen functional groups attached to an aromatic ring is 1. The minimum absolute atomic E-state index is 0.200. The predicted octanol–water partition coefficient (Wildman–Crippen LogP) is 2.12. The zero-order chi connectivity index (χ0) is 15.7. The van der Waals surface area contributed by atoms with Gasteiger partial charge in [-0.1, -0.05) is 0 Å². The molecule has 0 aliphatic carbocycles. The van der Waals surface area contributed by atoms with Crippen molar-refractivity contribution in [1.29, 1.82) is 0 Å². The van der Waals surface area contributed by atoms with Crippen LogP contribution in [0.2, 0.25) is 0 Å². The average Bonchev–Trinajstić information content (AvgIpc) is 3.02. The number of ether oxygens (including phenoxy) is 1. The number of aryl methyl sites for hydroxylation is 1. The number of nitrogens with two attached hydrogens (primary N) is 1. The Bertz CT molecular complexity index is 683. The highest BCUT2D eigenvalue weighted by Crippen LogP contribution is 2.41. The van der Waals surface area contributed by atoms with Crippen LogP contribution in [0.5, 0.6) is 5.75 Å². The lowest BCUT2D eigenvalue weighted by Gasteiger charge is -2.10. The van der Waals surface area contributed by atoms with Crippen molar-refractivity contribution in [3.05, 3.63) is 22.2 Å². The van der Waals surface area contributed by atoms with Gasteiger partial charge in [-0.05, 0) is 55.1 Å². The Morgan fingerprint density at radius 1 is 1.36 bits per heavy atom. The van der Waals surface area contributed by atoms with Crippen molar-refractivity contribution < 1.29 is 4.74 Å². The van der Waals surface area contributed by atoms with Gasteiger partial charge in [0, 0.05) is 30.5 Å². The van der Waals surface area contributed by atoms with E-state index in [1.165, 1.54) is 16.5 Å². The molecule has 4 N–H and O–H groups in total. The lowest BCUT2D eigenvalue weighted by Crippen LogP contribution is -2.27. The van der Waals surface area contributed by atoms with Crippen LogP contribution in [-0.4, -0.2) is 37.9 Å². The molecule has 0 bridgehead atoms. The first-order chi connectivity index (χ1) is 10.7. The molecule has 0 fully saturated rings. The predicted molar refractivity (Wildman–Crippen MR) is 94.6 cm³/mol. The number of hydrogen-bond donors (Lipinski definition) is 3. The highest BCUT2D eigenvalue weighted by atomic mass is 79.9. The maximum atomic E-state index is 6.33. The van der Waals surface area contributed by atoms with Gasteiger partial charge in [0.2, 0.25) is 0 Å². The van der Waals surface area contributed by atoms with E-state index in [9.17, 15) is 0 Å². The van der Waals surface area contributed by atoms with Crippen molar-refractivity contribution in [2.24, 2.45) is 0 Å². The van der Waals surface area contributed by atoms with Crippen LogP contribution < -0.4 is 21.1 Å². The third-order valence-corrected chi connectivity index (χ3v) is 5.06. The number of nitrogens with zero attached hydrogens (tertiary/aromatic N) is 1. The van der Waals surface area contributed by atoms with Crippen LogP contribution in [0, 0.1) is 0 Å². The van der Waals surface area contributed by atoms with E-state index in [-0.39, 0.29) is 6.10 Å². The first-order valence-electron chi connectivity index (χ1n) is 7.72. The summed E-state index contributed by atoms with van der Waals surface area (Å²) in [6.07, 6.45) is 2.17. The van der Waals surface area contributed by atoms with Crippen LogP contribution in [0.3, 0.4) is 0 Å². The summed E-state index contributed by atoms with van der Waals surface area (Å²) in [5.41, 5.74) is 8.82. The summed E-state index contributed by atoms with van der Waals surface area (Å²) < 4.78 is 9.26. The molecule has 2 aromatic rings. The normalized spacial score (nSPS) is 17.0. The number of halogens is 1. The van der Waals surface area contributed by atoms with E-state index in [0.717, 1.165) is 48.5 Å². The van der Waals surface area contributed by atoms with Crippen LogP contribution in [0.4, 0.5) is 5.82 Å². The van der Waals surface area contributed by atoms with Gasteiger partial charge in [-0.25, -0.2) is 0 Å². The van der Waals surface area contributed by atoms with E-state index < -0.39 is 0 Å². The molecular weight excluding hydrogens is 344 g/mol. The highest BCUT2D eigenvalue weighted by Gasteiger charge is 2.27. The minimum atomic E-state index is 0.200. The van der Waals surface area contributed by atoms with Gasteiger partial charge in [-0.15, -0.1) is 0 Å².